The monoisotopic (exact) mass is 448 g/mol. The number of rotatable bonds is 7. The standard InChI is InChI=1S/C24H24N4O3S/c1-2-16-10-6-7-11-18(16)25-22(30)17-14-19(29)26-21-20(17)23(31)28-24(27-21)32-13-12-15-8-4-3-5-9-15/h3-11,17H,2,12-14H2,1H3,(H,25,30)(H2,26,27,28,29,31). The summed E-state index contributed by atoms with van der Waals surface area (Å²) < 4.78 is 0. The van der Waals surface area contributed by atoms with E-state index in [2.05, 4.69) is 20.6 Å². The lowest BCUT2D eigenvalue weighted by molar-refractivity contribution is -0.123. The molecule has 4 rings (SSSR count). The van der Waals surface area contributed by atoms with Gasteiger partial charge in [0, 0.05) is 17.9 Å². The lowest BCUT2D eigenvalue weighted by atomic mass is 9.92. The molecular weight excluding hydrogens is 424 g/mol. The van der Waals surface area contributed by atoms with Gasteiger partial charge in [0.2, 0.25) is 11.8 Å². The van der Waals surface area contributed by atoms with Crippen molar-refractivity contribution < 1.29 is 9.59 Å². The molecule has 0 spiro atoms. The highest BCUT2D eigenvalue weighted by Gasteiger charge is 2.35. The zero-order valence-electron chi connectivity index (χ0n) is 17.7. The van der Waals surface area contributed by atoms with Gasteiger partial charge in [0.05, 0.1) is 11.5 Å². The Hall–Kier alpha value is -3.39. The maximum Gasteiger partial charge on any atom is 0.257 e. The number of carbonyl (C=O) groups excluding carboxylic acids is 2. The fraction of sp³-hybridized carbons (Fsp3) is 0.250. The number of benzene rings is 2. The quantitative estimate of drug-likeness (QED) is 0.377. The number of H-pyrrole nitrogens is 1. The molecule has 0 saturated carbocycles. The number of para-hydroxylation sites is 1. The molecule has 164 valence electrons. The van der Waals surface area contributed by atoms with Crippen LogP contribution in [0.15, 0.2) is 64.5 Å². The van der Waals surface area contributed by atoms with Gasteiger partial charge in [0.15, 0.2) is 5.16 Å². The lowest BCUT2D eigenvalue weighted by Gasteiger charge is -2.24. The van der Waals surface area contributed by atoms with Crippen molar-refractivity contribution in [3.8, 4) is 0 Å². The van der Waals surface area contributed by atoms with Crippen LogP contribution in [0.5, 0.6) is 0 Å². The Labute approximate surface area is 190 Å². The first-order valence-corrected chi connectivity index (χ1v) is 11.5. The third-order valence-corrected chi connectivity index (χ3v) is 6.25. The summed E-state index contributed by atoms with van der Waals surface area (Å²) in [5.41, 5.74) is 2.66. The molecule has 2 amide bonds. The van der Waals surface area contributed by atoms with Crippen molar-refractivity contribution in [2.24, 2.45) is 0 Å². The van der Waals surface area contributed by atoms with E-state index in [1.807, 2.05) is 61.5 Å². The molecule has 0 bridgehead atoms. The maximum absolute atomic E-state index is 13.0. The summed E-state index contributed by atoms with van der Waals surface area (Å²) in [6.45, 7) is 2.00. The number of amides is 2. The highest BCUT2D eigenvalue weighted by Crippen LogP contribution is 2.31. The molecule has 7 nitrogen and oxygen atoms in total. The number of carbonyl (C=O) groups is 2. The predicted octanol–water partition coefficient (Wildman–Crippen LogP) is 3.73. The van der Waals surface area contributed by atoms with Crippen molar-refractivity contribution in [2.45, 2.75) is 37.3 Å². The minimum absolute atomic E-state index is 0.0988. The highest BCUT2D eigenvalue weighted by molar-refractivity contribution is 7.99. The summed E-state index contributed by atoms with van der Waals surface area (Å²) in [6, 6.07) is 17.5. The molecule has 0 radical (unpaired) electrons. The zero-order valence-corrected chi connectivity index (χ0v) is 18.5. The number of nitrogens with one attached hydrogen (secondary N) is 3. The van der Waals surface area contributed by atoms with E-state index >= 15 is 0 Å². The summed E-state index contributed by atoms with van der Waals surface area (Å²) in [4.78, 5) is 45.4. The second kappa shape index (κ2) is 9.82. The SMILES string of the molecule is CCc1ccccc1NC(=O)C1CC(=O)Nc2nc(SCCc3ccccc3)[nH]c(=O)c21. The first-order valence-electron chi connectivity index (χ1n) is 10.5. The van der Waals surface area contributed by atoms with E-state index in [0.717, 1.165) is 24.2 Å². The molecule has 1 aliphatic rings. The van der Waals surface area contributed by atoms with Crippen molar-refractivity contribution in [2.75, 3.05) is 16.4 Å². The Morgan fingerprint density at radius 3 is 2.66 bits per heavy atom. The van der Waals surface area contributed by atoms with Gasteiger partial charge >= 0.3 is 0 Å². The van der Waals surface area contributed by atoms with Gasteiger partial charge in [-0.3, -0.25) is 14.4 Å². The van der Waals surface area contributed by atoms with E-state index < -0.39 is 17.4 Å². The number of nitrogens with zero attached hydrogens (tertiary/aromatic N) is 1. The Kier molecular flexibility index (Phi) is 6.70. The van der Waals surface area contributed by atoms with Gasteiger partial charge in [-0.05, 0) is 30.0 Å². The third-order valence-electron chi connectivity index (χ3n) is 5.37. The summed E-state index contributed by atoms with van der Waals surface area (Å²) >= 11 is 1.40. The number of aromatic nitrogens is 2. The minimum atomic E-state index is -0.900. The molecule has 2 heterocycles. The van der Waals surface area contributed by atoms with Gasteiger partial charge in [-0.1, -0.05) is 67.2 Å². The molecular formula is C24H24N4O3S. The summed E-state index contributed by atoms with van der Waals surface area (Å²) in [6.07, 6.45) is 1.48. The van der Waals surface area contributed by atoms with Crippen LogP contribution in [0.2, 0.25) is 0 Å². The average Bonchev–Trinajstić information content (AvgIpc) is 2.79. The van der Waals surface area contributed by atoms with Gasteiger partial charge in [0.25, 0.3) is 5.56 Å². The summed E-state index contributed by atoms with van der Waals surface area (Å²) in [7, 11) is 0. The first kappa shape index (κ1) is 21.8. The lowest BCUT2D eigenvalue weighted by Crippen LogP contribution is -2.36. The highest BCUT2D eigenvalue weighted by atomic mass is 32.2. The molecule has 0 saturated heterocycles. The topological polar surface area (TPSA) is 104 Å². The van der Waals surface area contributed by atoms with Crippen LogP contribution in [-0.4, -0.2) is 27.5 Å². The second-order valence-electron chi connectivity index (χ2n) is 7.52. The molecule has 3 aromatic rings. The molecule has 8 heteroatoms. The first-order chi connectivity index (χ1) is 15.5. The number of fused-ring (bicyclic) bond motifs is 1. The van der Waals surface area contributed by atoms with E-state index in [-0.39, 0.29) is 23.7 Å². The molecule has 1 atom stereocenters. The van der Waals surface area contributed by atoms with Crippen LogP contribution in [0.25, 0.3) is 0 Å². The number of thioether (sulfide) groups is 1. The van der Waals surface area contributed by atoms with Crippen LogP contribution in [0.1, 0.15) is 36.0 Å². The van der Waals surface area contributed by atoms with Gasteiger partial charge in [-0.25, -0.2) is 4.98 Å². The molecule has 1 unspecified atom stereocenters. The van der Waals surface area contributed by atoms with Crippen LogP contribution < -0.4 is 16.2 Å². The maximum atomic E-state index is 13.0. The van der Waals surface area contributed by atoms with E-state index in [1.54, 1.807) is 0 Å². The molecule has 1 aromatic heterocycles. The number of aryl methyl sites for hydroxylation is 2. The summed E-state index contributed by atoms with van der Waals surface area (Å²) in [5.74, 6) is -0.741. The van der Waals surface area contributed by atoms with Crippen LogP contribution in [0, 0.1) is 0 Å². The van der Waals surface area contributed by atoms with E-state index in [9.17, 15) is 14.4 Å². The van der Waals surface area contributed by atoms with Crippen molar-refractivity contribution in [1.29, 1.82) is 0 Å². The Bertz CT molecular complexity index is 1190. The Balaban J connectivity index is 1.53. The van der Waals surface area contributed by atoms with E-state index in [0.29, 0.717) is 10.8 Å². The number of aromatic amines is 1. The number of hydrogen-bond acceptors (Lipinski definition) is 5. The molecule has 0 aliphatic carbocycles. The van der Waals surface area contributed by atoms with Crippen LogP contribution in [0.4, 0.5) is 11.5 Å². The van der Waals surface area contributed by atoms with Crippen molar-refractivity contribution in [1.82, 2.24) is 9.97 Å². The van der Waals surface area contributed by atoms with Crippen LogP contribution in [-0.2, 0) is 22.4 Å². The normalized spacial score (nSPS) is 15.0. The minimum Gasteiger partial charge on any atom is -0.325 e. The van der Waals surface area contributed by atoms with Gasteiger partial charge in [0.1, 0.15) is 5.82 Å². The van der Waals surface area contributed by atoms with Gasteiger partial charge in [-0.15, -0.1) is 0 Å². The zero-order chi connectivity index (χ0) is 22.5. The van der Waals surface area contributed by atoms with Crippen LogP contribution in [0.3, 0.4) is 0 Å². The molecule has 3 N–H and O–H groups in total. The molecule has 1 aliphatic heterocycles. The second-order valence-corrected chi connectivity index (χ2v) is 8.61. The largest absolute Gasteiger partial charge is 0.325 e. The smallest absolute Gasteiger partial charge is 0.257 e. The van der Waals surface area contributed by atoms with Crippen molar-refractivity contribution in [3.05, 3.63) is 81.6 Å². The number of anilines is 2. The Morgan fingerprint density at radius 1 is 1.12 bits per heavy atom. The fourth-order valence-electron chi connectivity index (χ4n) is 3.72. The summed E-state index contributed by atoms with van der Waals surface area (Å²) in [5, 5.41) is 5.96. The van der Waals surface area contributed by atoms with Crippen LogP contribution >= 0.6 is 11.8 Å². The molecule has 32 heavy (non-hydrogen) atoms. The predicted molar refractivity (Wildman–Crippen MR) is 126 cm³/mol. The fourth-order valence-corrected chi connectivity index (χ4v) is 4.58. The van der Waals surface area contributed by atoms with E-state index in [4.69, 9.17) is 0 Å². The average molecular weight is 449 g/mol. The van der Waals surface area contributed by atoms with Gasteiger partial charge in [-0.2, -0.15) is 0 Å². The third kappa shape index (κ3) is 4.91. The van der Waals surface area contributed by atoms with Crippen molar-refractivity contribution >= 4 is 35.1 Å². The van der Waals surface area contributed by atoms with Crippen molar-refractivity contribution in [3.63, 3.8) is 0 Å². The molecule has 0 fully saturated rings. The van der Waals surface area contributed by atoms with E-state index in [1.165, 1.54) is 17.3 Å². The Morgan fingerprint density at radius 2 is 1.88 bits per heavy atom. The molecule has 2 aromatic carbocycles. The van der Waals surface area contributed by atoms with Gasteiger partial charge < -0.3 is 15.6 Å². The number of hydrogen-bond donors (Lipinski definition) is 3.